The number of hydrogen-bond acceptors (Lipinski definition) is 2. The molecule has 0 unspecified atom stereocenters. The Morgan fingerprint density at radius 3 is 2.59 bits per heavy atom. The van der Waals surface area contributed by atoms with Gasteiger partial charge in [0.2, 0.25) is 0 Å². The molecule has 1 saturated carbocycles. The van der Waals surface area contributed by atoms with Crippen LogP contribution in [0.2, 0.25) is 0 Å². The van der Waals surface area contributed by atoms with E-state index in [1.165, 1.54) is 24.8 Å². The molecule has 1 saturated heterocycles. The normalized spacial score (nSPS) is 26.6. The van der Waals surface area contributed by atoms with Crippen molar-refractivity contribution in [3.8, 4) is 6.07 Å². The monoisotopic (exact) mass is 226 g/mol. The molecule has 1 aromatic carbocycles. The smallest absolute Gasteiger partial charge is 0.0675 e. The maximum absolute atomic E-state index is 9.27. The Morgan fingerprint density at radius 1 is 1.29 bits per heavy atom. The lowest BCUT2D eigenvalue weighted by Gasteiger charge is -2.40. The van der Waals surface area contributed by atoms with Gasteiger partial charge in [-0.05, 0) is 18.4 Å². The van der Waals surface area contributed by atoms with Gasteiger partial charge in [-0.25, -0.2) is 0 Å². The van der Waals surface area contributed by atoms with Crippen LogP contribution in [0.1, 0.15) is 24.8 Å². The molecule has 17 heavy (non-hydrogen) atoms. The van der Waals surface area contributed by atoms with Gasteiger partial charge in [-0.3, -0.25) is 4.90 Å². The van der Waals surface area contributed by atoms with Gasteiger partial charge in [0, 0.05) is 25.0 Å². The summed E-state index contributed by atoms with van der Waals surface area (Å²) in [6.45, 7) is 3.09. The third-order valence-corrected chi connectivity index (χ3v) is 4.47. The highest BCUT2D eigenvalue weighted by Crippen LogP contribution is 2.51. The van der Waals surface area contributed by atoms with Crippen LogP contribution < -0.4 is 0 Å². The Balaban J connectivity index is 1.69. The van der Waals surface area contributed by atoms with Gasteiger partial charge in [-0.1, -0.05) is 36.8 Å². The van der Waals surface area contributed by atoms with Crippen molar-refractivity contribution in [3.63, 3.8) is 0 Å². The van der Waals surface area contributed by atoms with Crippen LogP contribution in [0.25, 0.3) is 0 Å². The van der Waals surface area contributed by atoms with Crippen LogP contribution in [-0.2, 0) is 6.54 Å². The van der Waals surface area contributed by atoms with Crippen LogP contribution in [0, 0.1) is 22.7 Å². The molecule has 1 aromatic rings. The molecule has 88 valence electrons. The van der Waals surface area contributed by atoms with Crippen LogP contribution in [0.3, 0.4) is 0 Å². The van der Waals surface area contributed by atoms with Crippen molar-refractivity contribution in [1.82, 2.24) is 4.90 Å². The van der Waals surface area contributed by atoms with Crippen molar-refractivity contribution in [3.05, 3.63) is 35.9 Å². The zero-order chi connectivity index (χ0) is 11.7. The number of rotatable bonds is 2. The van der Waals surface area contributed by atoms with Gasteiger partial charge in [0.25, 0.3) is 0 Å². The fourth-order valence-corrected chi connectivity index (χ4v) is 3.35. The van der Waals surface area contributed by atoms with Gasteiger partial charge >= 0.3 is 0 Å². The maximum Gasteiger partial charge on any atom is 0.0675 e. The van der Waals surface area contributed by atoms with Gasteiger partial charge in [0.05, 0.1) is 12.0 Å². The zero-order valence-corrected chi connectivity index (χ0v) is 10.1. The van der Waals surface area contributed by atoms with Crippen LogP contribution in [0.5, 0.6) is 0 Å². The van der Waals surface area contributed by atoms with Crippen LogP contribution >= 0.6 is 0 Å². The molecular formula is C15H18N2. The second-order valence-electron chi connectivity index (χ2n) is 5.55. The first-order valence-electron chi connectivity index (χ1n) is 6.48. The summed E-state index contributed by atoms with van der Waals surface area (Å²) in [5, 5.41) is 9.27. The molecule has 2 heteroatoms. The van der Waals surface area contributed by atoms with Crippen LogP contribution in [0.4, 0.5) is 0 Å². The Labute approximate surface area is 103 Å². The number of hydrogen-bond donors (Lipinski definition) is 0. The summed E-state index contributed by atoms with van der Waals surface area (Å²) in [6, 6.07) is 13.1. The molecule has 1 aliphatic heterocycles. The topological polar surface area (TPSA) is 27.0 Å². The molecular weight excluding hydrogens is 208 g/mol. The number of nitriles is 1. The molecule has 2 fully saturated rings. The third kappa shape index (κ3) is 1.85. The van der Waals surface area contributed by atoms with Crippen molar-refractivity contribution in [2.45, 2.75) is 25.8 Å². The quantitative estimate of drug-likeness (QED) is 0.775. The van der Waals surface area contributed by atoms with Gasteiger partial charge in [-0.15, -0.1) is 0 Å². The van der Waals surface area contributed by atoms with E-state index in [-0.39, 0.29) is 5.92 Å². The van der Waals surface area contributed by atoms with E-state index in [0.717, 1.165) is 19.6 Å². The summed E-state index contributed by atoms with van der Waals surface area (Å²) in [4.78, 5) is 2.46. The molecule has 0 amide bonds. The van der Waals surface area contributed by atoms with E-state index in [9.17, 15) is 5.26 Å². The first-order chi connectivity index (χ1) is 8.32. The molecule has 3 rings (SSSR count). The molecule has 0 N–H and O–H groups in total. The highest BCUT2D eigenvalue weighted by molar-refractivity contribution is 5.16. The minimum Gasteiger partial charge on any atom is -0.297 e. The van der Waals surface area contributed by atoms with Crippen LogP contribution in [0.15, 0.2) is 30.3 Å². The minimum atomic E-state index is 0.264. The van der Waals surface area contributed by atoms with Gasteiger partial charge in [0.1, 0.15) is 0 Å². The third-order valence-electron chi connectivity index (χ3n) is 4.47. The molecule has 0 bridgehead atoms. The first kappa shape index (κ1) is 10.8. The lowest BCUT2D eigenvalue weighted by molar-refractivity contribution is 0.112. The predicted octanol–water partition coefficient (Wildman–Crippen LogP) is 2.81. The standard InChI is InChI=1S/C15H18N2/c16-9-14-11-17(12-15(14)7-4-8-15)10-13-5-2-1-3-6-13/h1-3,5-6,14H,4,7-8,10-12H2/t14-/m0/s1. The molecule has 1 spiro atoms. The highest BCUT2D eigenvalue weighted by Gasteiger charge is 2.50. The molecule has 0 radical (unpaired) electrons. The minimum absolute atomic E-state index is 0.264. The number of nitrogens with zero attached hydrogens (tertiary/aromatic N) is 2. The largest absolute Gasteiger partial charge is 0.297 e. The molecule has 1 aliphatic carbocycles. The van der Waals surface area contributed by atoms with E-state index < -0.39 is 0 Å². The van der Waals surface area contributed by atoms with E-state index in [0.29, 0.717) is 5.41 Å². The summed E-state index contributed by atoms with van der Waals surface area (Å²) in [5.41, 5.74) is 1.71. The van der Waals surface area contributed by atoms with Crippen molar-refractivity contribution in [1.29, 1.82) is 5.26 Å². The Hall–Kier alpha value is -1.33. The van der Waals surface area contributed by atoms with Crippen LogP contribution in [-0.4, -0.2) is 18.0 Å². The van der Waals surface area contributed by atoms with Gasteiger partial charge < -0.3 is 0 Å². The molecule has 2 nitrogen and oxygen atoms in total. The maximum atomic E-state index is 9.27. The van der Waals surface area contributed by atoms with Crippen molar-refractivity contribution >= 4 is 0 Å². The van der Waals surface area contributed by atoms with E-state index in [1.54, 1.807) is 0 Å². The second kappa shape index (κ2) is 4.16. The fraction of sp³-hybridized carbons (Fsp3) is 0.533. The summed E-state index contributed by atoms with van der Waals surface area (Å²) in [6.07, 6.45) is 3.84. The number of likely N-dealkylation sites (tertiary alicyclic amines) is 1. The second-order valence-corrected chi connectivity index (χ2v) is 5.55. The molecule has 0 aromatic heterocycles. The molecule has 2 aliphatic rings. The predicted molar refractivity (Wildman–Crippen MR) is 67.1 cm³/mol. The summed E-state index contributed by atoms with van der Waals surface area (Å²) < 4.78 is 0. The van der Waals surface area contributed by atoms with E-state index in [1.807, 2.05) is 0 Å². The van der Waals surface area contributed by atoms with Gasteiger partial charge in [-0.2, -0.15) is 5.26 Å². The summed E-state index contributed by atoms with van der Waals surface area (Å²) >= 11 is 0. The lowest BCUT2D eigenvalue weighted by Crippen LogP contribution is -2.37. The Kier molecular flexibility index (Phi) is 2.64. The summed E-state index contributed by atoms with van der Waals surface area (Å²) in [5.74, 6) is 0.264. The van der Waals surface area contributed by atoms with Gasteiger partial charge in [0.15, 0.2) is 0 Å². The molecule has 1 heterocycles. The SMILES string of the molecule is N#C[C@H]1CN(Cc2ccccc2)CC12CCC2. The molecule has 1 atom stereocenters. The Morgan fingerprint density at radius 2 is 2.06 bits per heavy atom. The average Bonchev–Trinajstić information content (AvgIpc) is 2.69. The Bertz CT molecular complexity index is 428. The van der Waals surface area contributed by atoms with E-state index >= 15 is 0 Å². The number of benzene rings is 1. The highest BCUT2D eigenvalue weighted by atomic mass is 15.2. The summed E-state index contributed by atoms with van der Waals surface area (Å²) in [7, 11) is 0. The fourth-order valence-electron chi connectivity index (χ4n) is 3.35. The zero-order valence-electron chi connectivity index (χ0n) is 10.1. The first-order valence-corrected chi connectivity index (χ1v) is 6.48. The lowest BCUT2D eigenvalue weighted by atomic mass is 9.63. The van der Waals surface area contributed by atoms with Crippen molar-refractivity contribution < 1.29 is 0 Å². The average molecular weight is 226 g/mol. The van der Waals surface area contributed by atoms with E-state index in [2.05, 4.69) is 41.3 Å². The van der Waals surface area contributed by atoms with Crippen molar-refractivity contribution in [2.75, 3.05) is 13.1 Å². The van der Waals surface area contributed by atoms with Crippen molar-refractivity contribution in [2.24, 2.45) is 11.3 Å². The van der Waals surface area contributed by atoms with E-state index in [4.69, 9.17) is 0 Å².